The van der Waals surface area contributed by atoms with Gasteiger partial charge in [-0.1, -0.05) is 36.4 Å². The third-order valence-corrected chi connectivity index (χ3v) is 6.79. The molecule has 1 amide bonds. The first kappa shape index (κ1) is 20.0. The molecule has 3 heterocycles. The number of carbonyl (C=O) groups excluding carboxylic acids is 1. The van der Waals surface area contributed by atoms with Crippen LogP contribution in [0.4, 0.5) is 5.69 Å². The molecule has 0 atom stereocenters. The lowest BCUT2D eigenvalue weighted by Crippen LogP contribution is -2.16. The molecule has 0 spiro atoms. The minimum Gasteiger partial charge on any atom is -0.495 e. The molecule has 2 aromatic heterocycles. The van der Waals surface area contributed by atoms with Gasteiger partial charge in [-0.25, -0.2) is 13.4 Å². The van der Waals surface area contributed by atoms with Crippen LogP contribution in [0, 0.1) is 0 Å². The van der Waals surface area contributed by atoms with E-state index in [2.05, 4.69) is 5.32 Å². The van der Waals surface area contributed by atoms with Crippen LogP contribution in [0.5, 0.6) is 5.75 Å². The number of benzene rings is 2. The molecule has 1 aliphatic heterocycles. The molecule has 0 radical (unpaired) electrons. The second-order valence-electron chi connectivity index (χ2n) is 7.40. The Kier molecular flexibility index (Phi) is 4.79. The molecule has 4 aromatic rings. The summed E-state index contributed by atoms with van der Waals surface area (Å²) in [6.45, 7) is 0. The van der Waals surface area contributed by atoms with Crippen molar-refractivity contribution in [1.29, 1.82) is 0 Å². The van der Waals surface area contributed by atoms with E-state index in [0.717, 1.165) is 5.56 Å². The minimum atomic E-state index is -3.45. The quantitative estimate of drug-likeness (QED) is 0.502. The van der Waals surface area contributed by atoms with Crippen LogP contribution >= 0.6 is 0 Å². The number of aromatic nitrogens is 2. The van der Waals surface area contributed by atoms with Gasteiger partial charge in [0.05, 0.1) is 36.0 Å². The molecule has 1 N–H and O–H groups in total. The summed E-state index contributed by atoms with van der Waals surface area (Å²) >= 11 is 0. The van der Waals surface area contributed by atoms with Crippen LogP contribution in [-0.4, -0.2) is 30.8 Å². The number of sulfone groups is 1. The van der Waals surface area contributed by atoms with E-state index in [1.165, 1.54) is 11.5 Å². The van der Waals surface area contributed by atoms with Gasteiger partial charge in [0.15, 0.2) is 0 Å². The number of hydrogen-bond acceptors (Lipinski definition) is 5. The lowest BCUT2D eigenvalue weighted by atomic mass is 10.1. The predicted molar refractivity (Wildman–Crippen MR) is 122 cm³/mol. The molecule has 0 saturated heterocycles. The maximum Gasteiger partial charge on any atom is 0.230 e. The monoisotopic (exact) mass is 445 g/mol. The van der Waals surface area contributed by atoms with Gasteiger partial charge in [0, 0.05) is 16.7 Å². The third-order valence-electron chi connectivity index (χ3n) is 5.33. The van der Waals surface area contributed by atoms with Crippen LogP contribution in [0.15, 0.2) is 77.2 Å². The van der Waals surface area contributed by atoms with Crippen molar-refractivity contribution in [3.63, 3.8) is 0 Å². The molecule has 7 nitrogen and oxygen atoms in total. The highest BCUT2D eigenvalue weighted by Gasteiger charge is 2.22. The molecule has 0 saturated carbocycles. The van der Waals surface area contributed by atoms with Crippen LogP contribution in [-0.2, 0) is 21.1 Å². The van der Waals surface area contributed by atoms with Crippen molar-refractivity contribution in [2.24, 2.45) is 0 Å². The van der Waals surface area contributed by atoms with Crippen molar-refractivity contribution in [3.05, 3.63) is 83.5 Å². The first-order chi connectivity index (χ1) is 15.4. The highest BCUT2D eigenvalue weighted by Crippen LogP contribution is 2.30. The Morgan fingerprint density at radius 3 is 2.69 bits per heavy atom. The molecule has 160 valence electrons. The van der Waals surface area contributed by atoms with Crippen molar-refractivity contribution in [3.8, 4) is 17.0 Å². The normalized spacial score (nSPS) is 13.8. The zero-order valence-electron chi connectivity index (χ0n) is 17.1. The highest BCUT2D eigenvalue weighted by molar-refractivity contribution is 7.94. The number of fused-ring (bicyclic) bond motifs is 2. The maximum atomic E-state index is 13.0. The molecular weight excluding hydrogens is 426 g/mol. The SMILES string of the molecule is COc1ccc2nc(-c3ccccc3)c(CC(=O)Nc3ccc4c(c3)S(=O)(=O)C=C4)n2c1. The molecule has 32 heavy (non-hydrogen) atoms. The molecule has 0 unspecified atom stereocenters. The zero-order valence-corrected chi connectivity index (χ0v) is 18.0. The van der Waals surface area contributed by atoms with Crippen molar-refractivity contribution in [2.75, 3.05) is 12.4 Å². The highest BCUT2D eigenvalue weighted by atomic mass is 32.2. The predicted octanol–water partition coefficient (Wildman–Crippen LogP) is 3.95. The smallest absolute Gasteiger partial charge is 0.230 e. The number of anilines is 1. The number of nitrogens with one attached hydrogen (secondary N) is 1. The fourth-order valence-corrected chi connectivity index (χ4v) is 5.01. The standard InChI is InChI=1S/C24H19N3O4S/c1-31-19-9-10-22-26-24(17-5-3-2-4-6-17)20(27(22)15-19)14-23(28)25-18-8-7-16-11-12-32(29,30)21(16)13-18/h2-13,15H,14H2,1H3,(H,25,28). The van der Waals surface area contributed by atoms with Gasteiger partial charge < -0.3 is 10.1 Å². The summed E-state index contributed by atoms with van der Waals surface area (Å²) < 4.78 is 31.5. The van der Waals surface area contributed by atoms with Gasteiger partial charge in [0.2, 0.25) is 15.7 Å². The first-order valence-electron chi connectivity index (χ1n) is 9.92. The van der Waals surface area contributed by atoms with E-state index in [1.54, 1.807) is 31.5 Å². The Morgan fingerprint density at radius 1 is 1.09 bits per heavy atom. The van der Waals surface area contributed by atoms with Gasteiger partial charge in [0.1, 0.15) is 11.4 Å². The van der Waals surface area contributed by atoms with Crippen LogP contribution < -0.4 is 10.1 Å². The van der Waals surface area contributed by atoms with E-state index in [4.69, 9.17) is 9.72 Å². The topological polar surface area (TPSA) is 89.8 Å². The van der Waals surface area contributed by atoms with Gasteiger partial charge in [-0.05, 0) is 35.9 Å². The van der Waals surface area contributed by atoms with Gasteiger partial charge in [0.25, 0.3) is 0 Å². The van der Waals surface area contributed by atoms with Crippen molar-refractivity contribution >= 4 is 33.2 Å². The lowest BCUT2D eigenvalue weighted by Gasteiger charge is -2.09. The zero-order chi connectivity index (χ0) is 22.3. The Morgan fingerprint density at radius 2 is 1.91 bits per heavy atom. The Hall–Kier alpha value is -3.91. The van der Waals surface area contributed by atoms with Gasteiger partial charge in [-0.2, -0.15) is 0 Å². The number of carbonyl (C=O) groups is 1. The van der Waals surface area contributed by atoms with Crippen LogP contribution in [0.3, 0.4) is 0 Å². The molecule has 5 rings (SSSR count). The number of pyridine rings is 1. The van der Waals surface area contributed by atoms with E-state index < -0.39 is 9.84 Å². The summed E-state index contributed by atoms with van der Waals surface area (Å²) in [6.07, 6.45) is 3.39. The average Bonchev–Trinajstić information content (AvgIpc) is 3.31. The third kappa shape index (κ3) is 3.54. The van der Waals surface area contributed by atoms with Crippen molar-refractivity contribution in [2.45, 2.75) is 11.3 Å². The minimum absolute atomic E-state index is 0.0423. The van der Waals surface area contributed by atoms with E-state index in [1.807, 2.05) is 46.9 Å². The Bertz CT molecular complexity index is 1490. The van der Waals surface area contributed by atoms with Gasteiger partial charge in [-0.15, -0.1) is 0 Å². The van der Waals surface area contributed by atoms with E-state index in [0.29, 0.717) is 34.0 Å². The van der Waals surface area contributed by atoms with Crippen LogP contribution in [0.25, 0.3) is 23.0 Å². The second-order valence-corrected chi connectivity index (χ2v) is 9.20. The number of amides is 1. The number of nitrogens with zero attached hydrogens (tertiary/aromatic N) is 2. The summed E-state index contributed by atoms with van der Waals surface area (Å²) in [5.74, 6) is 0.364. The number of hydrogen-bond donors (Lipinski definition) is 1. The Balaban J connectivity index is 1.50. The Labute approximate surface area is 184 Å². The van der Waals surface area contributed by atoms with Crippen LogP contribution in [0.1, 0.15) is 11.3 Å². The number of methoxy groups -OCH3 is 1. The number of ether oxygens (including phenoxy) is 1. The van der Waals surface area contributed by atoms with E-state index in [-0.39, 0.29) is 17.2 Å². The second kappa shape index (κ2) is 7.65. The summed E-state index contributed by atoms with van der Waals surface area (Å²) in [5, 5.41) is 3.98. The summed E-state index contributed by atoms with van der Waals surface area (Å²) in [6, 6.07) is 18.2. The van der Waals surface area contributed by atoms with Crippen molar-refractivity contribution in [1.82, 2.24) is 9.38 Å². The largest absolute Gasteiger partial charge is 0.495 e. The van der Waals surface area contributed by atoms with E-state index in [9.17, 15) is 13.2 Å². The number of rotatable bonds is 5. The molecule has 2 aromatic carbocycles. The number of imidazole rings is 1. The molecule has 1 aliphatic rings. The first-order valence-corrected chi connectivity index (χ1v) is 11.5. The van der Waals surface area contributed by atoms with Crippen molar-refractivity contribution < 1.29 is 17.9 Å². The average molecular weight is 446 g/mol. The fraction of sp³-hybridized carbons (Fsp3) is 0.0833. The lowest BCUT2D eigenvalue weighted by molar-refractivity contribution is -0.115. The van der Waals surface area contributed by atoms with Gasteiger partial charge >= 0.3 is 0 Å². The molecule has 0 fully saturated rings. The summed E-state index contributed by atoms with van der Waals surface area (Å²) in [7, 11) is -1.87. The molecular formula is C24H19N3O4S. The summed E-state index contributed by atoms with van der Waals surface area (Å²) in [4.78, 5) is 17.9. The molecule has 0 aliphatic carbocycles. The maximum absolute atomic E-state index is 13.0. The summed E-state index contributed by atoms with van der Waals surface area (Å²) in [5.41, 5.74) is 4.04. The van der Waals surface area contributed by atoms with Gasteiger partial charge in [-0.3, -0.25) is 9.20 Å². The fourth-order valence-electron chi connectivity index (χ4n) is 3.78. The van der Waals surface area contributed by atoms with Crippen LogP contribution in [0.2, 0.25) is 0 Å². The van der Waals surface area contributed by atoms with E-state index >= 15 is 0 Å². The molecule has 0 bridgehead atoms. The molecule has 8 heteroatoms.